The number of anilines is 1. The molecule has 1 fully saturated rings. The average Bonchev–Trinajstić information content (AvgIpc) is 3.00. The first-order valence-electron chi connectivity index (χ1n) is 9.06. The molecule has 0 radical (unpaired) electrons. The molecule has 2 atom stereocenters. The highest BCUT2D eigenvalue weighted by molar-refractivity contribution is 6.31. The highest BCUT2D eigenvalue weighted by atomic mass is 35.5. The van der Waals surface area contributed by atoms with Crippen LogP contribution in [-0.2, 0) is 14.3 Å². The average molecular weight is 409 g/mol. The van der Waals surface area contributed by atoms with Gasteiger partial charge in [0.1, 0.15) is 17.7 Å². The zero-order valence-corrected chi connectivity index (χ0v) is 16.7. The zero-order chi connectivity index (χ0) is 20.6. The second-order valence-corrected chi connectivity index (χ2v) is 8.33. The molecular weight excluding hydrogens is 387 g/mol. The Kier molecular flexibility index (Phi) is 5.48. The summed E-state index contributed by atoms with van der Waals surface area (Å²) < 4.78 is 20.2. The monoisotopic (exact) mass is 408 g/mol. The van der Waals surface area contributed by atoms with Crippen LogP contribution in [-0.4, -0.2) is 34.8 Å². The molecule has 0 spiro atoms. The minimum absolute atomic E-state index is 0.0197. The minimum Gasteiger partial charge on any atom is -0.444 e. The number of aldehydes is 1. The molecular formula is C20H22ClFN2O4. The Morgan fingerprint density at radius 3 is 2.75 bits per heavy atom. The standard InChI is InChI=1S/C20H22ClFN2O4/c1-20(2,3)28-19(27)23-15-7-6-14(21)18(22)17(15)11-8-12-4-5-13(10-25)24(12)16(26)9-11/h6-8,10-11,13H,4-5,9H2,1-3H3,(H,23,27)/t11?,13-/m0/s1. The first-order valence-corrected chi connectivity index (χ1v) is 9.44. The van der Waals surface area contributed by atoms with E-state index < -0.39 is 29.5 Å². The van der Waals surface area contributed by atoms with E-state index in [0.717, 1.165) is 6.29 Å². The van der Waals surface area contributed by atoms with Crippen molar-refractivity contribution in [3.8, 4) is 0 Å². The normalized spacial score (nSPS) is 21.8. The Labute approximate surface area is 167 Å². The van der Waals surface area contributed by atoms with Gasteiger partial charge in [0.05, 0.1) is 16.8 Å². The van der Waals surface area contributed by atoms with Crippen LogP contribution in [0.1, 0.15) is 51.5 Å². The van der Waals surface area contributed by atoms with Crippen LogP contribution in [0.25, 0.3) is 0 Å². The van der Waals surface area contributed by atoms with Crippen LogP contribution in [0.5, 0.6) is 0 Å². The van der Waals surface area contributed by atoms with Crippen molar-refractivity contribution in [3.05, 3.63) is 40.3 Å². The Balaban J connectivity index is 1.96. The van der Waals surface area contributed by atoms with Crippen LogP contribution in [0.15, 0.2) is 23.9 Å². The van der Waals surface area contributed by atoms with E-state index in [1.54, 1.807) is 26.8 Å². The van der Waals surface area contributed by atoms with Gasteiger partial charge in [-0.25, -0.2) is 9.18 Å². The van der Waals surface area contributed by atoms with Gasteiger partial charge in [0.25, 0.3) is 0 Å². The van der Waals surface area contributed by atoms with Gasteiger partial charge in [-0.05, 0) is 45.7 Å². The molecule has 150 valence electrons. The number of hydrogen-bond acceptors (Lipinski definition) is 4. The lowest BCUT2D eigenvalue weighted by Crippen LogP contribution is -2.38. The van der Waals surface area contributed by atoms with Crippen molar-refractivity contribution in [1.29, 1.82) is 0 Å². The van der Waals surface area contributed by atoms with E-state index in [0.29, 0.717) is 18.5 Å². The van der Waals surface area contributed by atoms with Crippen molar-refractivity contribution in [2.24, 2.45) is 0 Å². The molecule has 1 N–H and O–H groups in total. The van der Waals surface area contributed by atoms with Gasteiger partial charge in [-0.1, -0.05) is 17.7 Å². The lowest BCUT2D eigenvalue weighted by atomic mass is 9.89. The number of nitrogens with zero attached hydrogens (tertiary/aromatic N) is 1. The van der Waals surface area contributed by atoms with E-state index in [1.807, 2.05) is 0 Å². The highest BCUT2D eigenvalue weighted by Gasteiger charge is 2.38. The molecule has 6 nitrogen and oxygen atoms in total. The predicted octanol–water partition coefficient (Wildman–Crippen LogP) is 4.39. The van der Waals surface area contributed by atoms with Crippen molar-refractivity contribution >= 4 is 35.6 Å². The van der Waals surface area contributed by atoms with Gasteiger partial charge >= 0.3 is 6.09 Å². The summed E-state index contributed by atoms with van der Waals surface area (Å²) in [5, 5.41) is 2.46. The zero-order valence-electron chi connectivity index (χ0n) is 15.9. The maximum absolute atomic E-state index is 14.9. The van der Waals surface area contributed by atoms with Crippen LogP contribution in [0, 0.1) is 5.82 Å². The number of allylic oxidation sites excluding steroid dienone is 2. The predicted molar refractivity (Wildman–Crippen MR) is 103 cm³/mol. The summed E-state index contributed by atoms with van der Waals surface area (Å²) in [4.78, 5) is 37.4. The van der Waals surface area contributed by atoms with E-state index in [-0.39, 0.29) is 28.6 Å². The maximum atomic E-state index is 14.9. The quantitative estimate of drug-likeness (QED) is 0.753. The molecule has 1 unspecified atom stereocenters. The van der Waals surface area contributed by atoms with Crippen molar-refractivity contribution in [2.75, 3.05) is 5.32 Å². The summed E-state index contributed by atoms with van der Waals surface area (Å²) in [5.74, 6) is -1.55. The van der Waals surface area contributed by atoms with Gasteiger partial charge in [-0.15, -0.1) is 0 Å². The molecule has 0 bridgehead atoms. The molecule has 0 aliphatic carbocycles. The smallest absolute Gasteiger partial charge is 0.412 e. The fraction of sp³-hybridized carbons (Fsp3) is 0.450. The summed E-state index contributed by atoms with van der Waals surface area (Å²) in [5.41, 5.74) is 0.310. The third-order valence-electron chi connectivity index (χ3n) is 4.69. The molecule has 8 heteroatoms. The van der Waals surface area contributed by atoms with Gasteiger partial charge < -0.3 is 14.4 Å². The lowest BCUT2D eigenvalue weighted by Gasteiger charge is -2.31. The van der Waals surface area contributed by atoms with Gasteiger partial charge in [0.2, 0.25) is 5.91 Å². The Bertz CT molecular complexity index is 862. The van der Waals surface area contributed by atoms with Crippen LogP contribution >= 0.6 is 11.6 Å². The molecule has 28 heavy (non-hydrogen) atoms. The molecule has 1 aromatic rings. The van der Waals surface area contributed by atoms with Gasteiger partial charge in [0.15, 0.2) is 0 Å². The third kappa shape index (κ3) is 4.04. The molecule has 2 aliphatic rings. The second-order valence-electron chi connectivity index (χ2n) is 7.92. The Morgan fingerprint density at radius 2 is 2.11 bits per heavy atom. The van der Waals surface area contributed by atoms with E-state index in [2.05, 4.69) is 5.32 Å². The summed E-state index contributed by atoms with van der Waals surface area (Å²) in [6.45, 7) is 5.16. The summed E-state index contributed by atoms with van der Waals surface area (Å²) >= 11 is 5.96. The van der Waals surface area contributed by atoms with Crippen molar-refractivity contribution in [2.45, 2.75) is 57.6 Å². The van der Waals surface area contributed by atoms with Crippen LogP contribution in [0.2, 0.25) is 5.02 Å². The summed E-state index contributed by atoms with van der Waals surface area (Å²) in [6.07, 6.45) is 2.90. The Morgan fingerprint density at radius 1 is 1.39 bits per heavy atom. The molecule has 1 aromatic carbocycles. The number of ether oxygens (including phenoxy) is 1. The fourth-order valence-corrected chi connectivity index (χ4v) is 3.78. The molecule has 2 amide bonds. The van der Waals surface area contributed by atoms with Crippen LogP contribution < -0.4 is 5.32 Å². The first-order chi connectivity index (χ1) is 13.1. The third-order valence-corrected chi connectivity index (χ3v) is 4.98. The lowest BCUT2D eigenvalue weighted by molar-refractivity contribution is -0.133. The summed E-state index contributed by atoms with van der Waals surface area (Å²) in [6, 6.07) is 2.36. The Hall–Kier alpha value is -2.41. The number of carbonyl (C=O) groups is 3. The van der Waals surface area contributed by atoms with E-state index >= 15 is 0 Å². The number of amides is 2. The van der Waals surface area contributed by atoms with Gasteiger partial charge in [-0.2, -0.15) is 0 Å². The minimum atomic E-state index is -0.728. The van der Waals surface area contributed by atoms with Crippen molar-refractivity contribution in [3.63, 3.8) is 0 Å². The molecule has 2 aliphatic heterocycles. The van der Waals surface area contributed by atoms with Gasteiger partial charge in [-0.3, -0.25) is 10.1 Å². The van der Waals surface area contributed by atoms with Gasteiger partial charge in [0, 0.05) is 23.6 Å². The fourth-order valence-electron chi connectivity index (χ4n) is 3.61. The van der Waals surface area contributed by atoms with Crippen molar-refractivity contribution < 1.29 is 23.5 Å². The number of nitrogens with one attached hydrogen (secondary N) is 1. The molecule has 0 saturated carbocycles. The number of fused-ring (bicyclic) bond motifs is 1. The second kappa shape index (κ2) is 7.54. The maximum Gasteiger partial charge on any atom is 0.412 e. The number of benzene rings is 1. The SMILES string of the molecule is CC(C)(C)OC(=O)Nc1ccc(Cl)c(F)c1C1C=C2CC[C@@H](C=O)N2C(=O)C1. The number of carbonyl (C=O) groups excluding carboxylic acids is 3. The molecule has 1 saturated heterocycles. The summed E-state index contributed by atoms with van der Waals surface area (Å²) in [7, 11) is 0. The van der Waals surface area contributed by atoms with E-state index in [1.165, 1.54) is 17.0 Å². The number of rotatable bonds is 3. The van der Waals surface area contributed by atoms with Crippen molar-refractivity contribution in [1.82, 2.24) is 4.90 Å². The molecule has 3 rings (SSSR count). The first kappa shape index (κ1) is 20.3. The number of halogens is 2. The van der Waals surface area contributed by atoms with E-state index in [9.17, 15) is 18.8 Å². The van der Waals surface area contributed by atoms with Crippen LogP contribution in [0.3, 0.4) is 0 Å². The van der Waals surface area contributed by atoms with Crippen LogP contribution in [0.4, 0.5) is 14.9 Å². The number of hydrogen-bond donors (Lipinski definition) is 1. The topological polar surface area (TPSA) is 75.7 Å². The molecule has 2 heterocycles. The highest BCUT2D eigenvalue weighted by Crippen LogP contribution is 2.41. The van der Waals surface area contributed by atoms with E-state index in [4.69, 9.17) is 16.3 Å². The molecule has 0 aromatic heterocycles. The largest absolute Gasteiger partial charge is 0.444 e.